The van der Waals surface area contributed by atoms with Gasteiger partial charge in [0.25, 0.3) is 0 Å². The maximum Gasteiger partial charge on any atom is 3.00 e. The fourth-order valence-electron chi connectivity index (χ4n) is 0. The van der Waals surface area contributed by atoms with E-state index in [0.29, 0.717) is 0 Å². The van der Waals surface area contributed by atoms with Crippen LogP contribution in [0, 0.1) is 41.7 Å². The molecule has 0 N–H and O–H groups in total. The van der Waals surface area contributed by atoms with E-state index in [1.165, 1.54) is 0 Å². The predicted octanol–water partition coefficient (Wildman–Crippen LogP) is -5.82. The van der Waals surface area contributed by atoms with E-state index < -0.39 is 7.82 Å². The molecule has 0 aromatic rings. The summed E-state index contributed by atoms with van der Waals surface area (Å²) in [6, 6.07) is 0. The van der Waals surface area contributed by atoms with Crippen molar-refractivity contribution in [2.24, 2.45) is 0 Å². The molecule has 0 fully saturated rings. The van der Waals surface area contributed by atoms with E-state index in [9.17, 15) is 0 Å². The third kappa shape index (κ3) is 68.9. The van der Waals surface area contributed by atoms with Gasteiger partial charge in [0.2, 0.25) is 0 Å². The monoisotopic (exact) mass is 242 g/mol. The topological polar surface area (TPSA) is 86.2 Å². The Labute approximate surface area is 86.5 Å². The van der Waals surface area contributed by atoms with Crippen molar-refractivity contribution in [2.45, 2.75) is 0 Å². The van der Waals surface area contributed by atoms with E-state index in [1.54, 1.807) is 0 Å². The van der Waals surface area contributed by atoms with E-state index in [0.717, 1.165) is 0 Å². The standard InChI is InChI=1S/Ce.Li.H3O4P/c;;1-5(2,3)4/h;;(H3,1,2,3,4)/q+3;+1;/p-3. The normalized spacial score (nSPS) is 8.43. The van der Waals surface area contributed by atoms with Crippen molar-refractivity contribution in [1.29, 1.82) is 0 Å². The average molecular weight is 242 g/mol. The number of rotatable bonds is 0. The smallest absolute Gasteiger partial charge is 0.822 e. The van der Waals surface area contributed by atoms with Gasteiger partial charge in [0.1, 0.15) is 0 Å². The fraction of sp³-hybridized carbons (Fsp3) is 0. The molecule has 0 aliphatic heterocycles. The minimum atomic E-state index is -5.39. The van der Waals surface area contributed by atoms with Crippen LogP contribution in [0.15, 0.2) is 0 Å². The van der Waals surface area contributed by atoms with Crippen molar-refractivity contribution in [2.75, 3.05) is 0 Å². The molecule has 0 amide bonds. The predicted molar refractivity (Wildman–Crippen MR) is 7.61 cm³/mol. The SMILES string of the molecule is O=P([O-])([O-])[O-].[Ce+3].[Li+]. The van der Waals surface area contributed by atoms with Gasteiger partial charge in [-0.3, -0.25) is 0 Å². The summed E-state index contributed by atoms with van der Waals surface area (Å²) in [6.45, 7) is 0. The first-order valence-corrected chi connectivity index (χ1v) is 2.19. The maximum atomic E-state index is 8.55. The second kappa shape index (κ2) is 6.21. The minimum absolute atomic E-state index is 0. The summed E-state index contributed by atoms with van der Waals surface area (Å²) in [5, 5.41) is 0. The van der Waals surface area contributed by atoms with Gasteiger partial charge in [0.05, 0.1) is 0 Å². The van der Waals surface area contributed by atoms with Gasteiger partial charge in [0.15, 0.2) is 0 Å². The third-order valence-electron chi connectivity index (χ3n) is 0. The van der Waals surface area contributed by atoms with E-state index in [4.69, 9.17) is 19.2 Å². The Bertz CT molecular complexity index is 57.8. The Morgan fingerprint density at radius 2 is 1.14 bits per heavy atom. The van der Waals surface area contributed by atoms with Gasteiger partial charge in [0, 0.05) is 0 Å². The Hall–Kier alpha value is 2.08. The van der Waals surface area contributed by atoms with Gasteiger partial charge in [-0.1, -0.05) is 0 Å². The summed E-state index contributed by atoms with van der Waals surface area (Å²) >= 11 is 0. The summed E-state index contributed by atoms with van der Waals surface area (Å²) in [4.78, 5) is 25.6. The summed E-state index contributed by atoms with van der Waals surface area (Å²) < 4.78 is 8.55. The van der Waals surface area contributed by atoms with Gasteiger partial charge >= 0.3 is 60.6 Å². The second-order valence-electron chi connectivity index (χ2n) is 0.447. The molecule has 0 spiro atoms. The largest absolute Gasteiger partial charge is 3.00 e. The van der Waals surface area contributed by atoms with Crippen LogP contribution in [-0.4, -0.2) is 0 Å². The third-order valence-corrected chi connectivity index (χ3v) is 0. The Morgan fingerprint density at radius 1 is 1.14 bits per heavy atom. The minimum Gasteiger partial charge on any atom is -0.822 e. The second-order valence-corrected chi connectivity index (χ2v) is 1.34. The molecular formula is CeLiO4P+. The van der Waals surface area contributed by atoms with E-state index in [1.807, 2.05) is 0 Å². The molecule has 0 aromatic heterocycles. The van der Waals surface area contributed by atoms with Gasteiger partial charge in [-0.25, -0.2) is 0 Å². The van der Waals surface area contributed by atoms with E-state index >= 15 is 0 Å². The maximum absolute atomic E-state index is 8.55. The summed E-state index contributed by atoms with van der Waals surface area (Å²) in [5.74, 6) is 0. The van der Waals surface area contributed by atoms with Crippen molar-refractivity contribution in [1.82, 2.24) is 0 Å². The molecule has 1 radical (unpaired) electrons. The molecule has 0 heterocycles. The molecule has 0 aromatic carbocycles. The van der Waals surface area contributed by atoms with E-state index in [2.05, 4.69) is 0 Å². The first-order chi connectivity index (χ1) is 2.00. The van der Waals surface area contributed by atoms with Crippen molar-refractivity contribution in [3.8, 4) is 0 Å². The van der Waals surface area contributed by atoms with Crippen molar-refractivity contribution < 1.29 is 79.9 Å². The van der Waals surface area contributed by atoms with Crippen LogP contribution < -0.4 is 33.5 Å². The quantitative estimate of drug-likeness (QED) is 0.313. The molecule has 0 rings (SSSR count). The molecule has 0 bridgehead atoms. The van der Waals surface area contributed by atoms with Crippen LogP contribution in [0.25, 0.3) is 0 Å². The summed E-state index contributed by atoms with van der Waals surface area (Å²) in [7, 11) is -5.39. The molecule has 7 heteroatoms. The Kier molecular flexibility index (Phi) is 14.2. The zero-order chi connectivity index (χ0) is 4.50. The first kappa shape index (κ1) is 16.0. The molecule has 4 nitrogen and oxygen atoms in total. The van der Waals surface area contributed by atoms with Gasteiger partial charge in [-0.15, -0.1) is 0 Å². The molecule has 0 saturated heterocycles. The van der Waals surface area contributed by atoms with E-state index in [-0.39, 0.29) is 60.6 Å². The zero-order valence-corrected chi connectivity index (χ0v) is 7.61. The molecule has 7 heavy (non-hydrogen) atoms. The van der Waals surface area contributed by atoms with Crippen LogP contribution in [-0.2, 0) is 4.57 Å². The Morgan fingerprint density at radius 3 is 1.14 bits per heavy atom. The molecule has 0 atom stereocenters. The molecule has 0 unspecified atom stereocenters. The number of hydrogen-bond acceptors (Lipinski definition) is 4. The van der Waals surface area contributed by atoms with Crippen molar-refractivity contribution >= 4 is 7.82 Å². The van der Waals surface area contributed by atoms with Crippen LogP contribution in [0.1, 0.15) is 0 Å². The first-order valence-electron chi connectivity index (χ1n) is 0.730. The van der Waals surface area contributed by atoms with Crippen LogP contribution in [0.3, 0.4) is 0 Å². The fourth-order valence-corrected chi connectivity index (χ4v) is 0. The average Bonchev–Trinajstić information content (AvgIpc) is 0.722. The van der Waals surface area contributed by atoms with Crippen LogP contribution in [0.2, 0.25) is 0 Å². The zero-order valence-electron chi connectivity index (χ0n) is 3.58. The summed E-state index contributed by atoms with van der Waals surface area (Å²) in [6.07, 6.45) is 0. The molecule has 0 aliphatic carbocycles. The number of hydrogen-bond donors (Lipinski definition) is 0. The van der Waals surface area contributed by atoms with Crippen molar-refractivity contribution in [3.05, 3.63) is 0 Å². The summed E-state index contributed by atoms with van der Waals surface area (Å²) in [5.41, 5.74) is 0. The molecule has 33 valence electrons. The van der Waals surface area contributed by atoms with Crippen LogP contribution in [0.5, 0.6) is 0 Å². The molecular weight excluding hydrogens is 242 g/mol. The van der Waals surface area contributed by atoms with Crippen molar-refractivity contribution in [3.63, 3.8) is 0 Å². The van der Waals surface area contributed by atoms with Gasteiger partial charge in [-0.2, -0.15) is 7.82 Å². The van der Waals surface area contributed by atoms with Crippen LogP contribution in [0.4, 0.5) is 0 Å². The number of phosphoric acid groups is 1. The molecule has 0 aliphatic rings. The van der Waals surface area contributed by atoms with Gasteiger partial charge in [-0.05, 0) is 0 Å². The Balaban J connectivity index is -0.0000000800. The van der Waals surface area contributed by atoms with Gasteiger partial charge < -0.3 is 19.2 Å². The molecule has 0 saturated carbocycles. The van der Waals surface area contributed by atoms with Crippen LogP contribution >= 0.6 is 7.82 Å².